The number of anilines is 1. The van der Waals surface area contributed by atoms with Gasteiger partial charge in [-0.3, -0.25) is 29.8 Å². The highest BCUT2D eigenvalue weighted by Gasteiger charge is 2.19. The van der Waals surface area contributed by atoms with Gasteiger partial charge in [0.1, 0.15) is 12.3 Å². The third kappa shape index (κ3) is 22.9. The van der Waals surface area contributed by atoms with Crippen LogP contribution in [0, 0.1) is 20.2 Å². The lowest BCUT2D eigenvalue weighted by atomic mass is 10.2. The summed E-state index contributed by atoms with van der Waals surface area (Å²) in [4.78, 5) is 42.4. The second kappa shape index (κ2) is 27.8. The molecule has 1 rings (SSSR count). The van der Waals surface area contributed by atoms with Gasteiger partial charge in [0.15, 0.2) is 0 Å². The van der Waals surface area contributed by atoms with Gasteiger partial charge < -0.3 is 48.3 Å². The number of nitrogens with zero attached hydrogens (tertiary/aromatic N) is 2. The normalized spacial score (nSPS) is 11.0. The first-order chi connectivity index (χ1) is 22.3. The average molecular weight is 664 g/mol. The fourth-order valence-corrected chi connectivity index (χ4v) is 3.45. The van der Waals surface area contributed by atoms with Gasteiger partial charge in [-0.2, -0.15) is 0 Å². The summed E-state index contributed by atoms with van der Waals surface area (Å²) < 4.78 is 42.7. The first-order valence-corrected chi connectivity index (χ1v) is 14.9. The van der Waals surface area contributed by atoms with Gasteiger partial charge in [0, 0.05) is 25.5 Å². The van der Waals surface area contributed by atoms with E-state index in [4.69, 9.17) is 43.0 Å². The van der Waals surface area contributed by atoms with Crippen molar-refractivity contribution in [2.75, 3.05) is 111 Å². The van der Waals surface area contributed by atoms with Crippen molar-refractivity contribution >= 4 is 29.0 Å². The molecule has 2 N–H and O–H groups in total. The van der Waals surface area contributed by atoms with Gasteiger partial charge in [-0.25, -0.2) is 0 Å². The molecule has 1 aromatic carbocycles. The summed E-state index contributed by atoms with van der Waals surface area (Å²) in [6, 6.07) is 3.40. The second-order valence-electron chi connectivity index (χ2n) is 9.25. The Kier molecular flexibility index (Phi) is 24.4. The molecule has 0 aliphatic heterocycles. The quantitative estimate of drug-likeness (QED) is 0.0487. The van der Waals surface area contributed by atoms with Gasteiger partial charge in [-0.1, -0.05) is 0 Å². The van der Waals surface area contributed by atoms with Gasteiger partial charge >= 0.3 is 11.9 Å². The first kappa shape index (κ1) is 40.5. The Hall–Kier alpha value is -3.52. The molecule has 0 radical (unpaired) electrons. The zero-order valence-corrected chi connectivity index (χ0v) is 25.9. The molecule has 0 saturated carbocycles. The lowest BCUT2D eigenvalue weighted by Crippen LogP contribution is -2.16. The summed E-state index contributed by atoms with van der Waals surface area (Å²) in [6.07, 6.45) is 1.17. The molecule has 0 aliphatic rings. The minimum absolute atomic E-state index is 0.0460. The number of esters is 1. The summed E-state index contributed by atoms with van der Waals surface area (Å²) in [6.45, 7) is 5.65. The summed E-state index contributed by atoms with van der Waals surface area (Å²) in [5.74, 6) is -1.24. The van der Waals surface area contributed by atoms with Crippen LogP contribution < -0.4 is 5.32 Å². The van der Waals surface area contributed by atoms with E-state index in [0.29, 0.717) is 92.1 Å². The fraction of sp³-hybridized carbons (Fsp3) is 0.714. The highest BCUT2D eigenvalue weighted by molar-refractivity contribution is 5.69. The second-order valence-corrected chi connectivity index (χ2v) is 9.25. The van der Waals surface area contributed by atoms with Crippen molar-refractivity contribution in [2.24, 2.45) is 0 Å². The molecule has 0 spiro atoms. The van der Waals surface area contributed by atoms with E-state index in [9.17, 15) is 29.8 Å². The maximum atomic E-state index is 11.5. The number of benzene rings is 1. The molecule has 46 heavy (non-hydrogen) atoms. The number of aliphatic carboxylic acids is 1. The summed E-state index contributed by atoms with van der Waals surface area (Å²) in [5.41, 5.74) is -0.553. The van der Waals surface area contributed by atoms with Crippen molar-refractivity contribution in [3.63, 3.8) is 0 Å². The average Bonchev–Trinajstić information content (AvgIpc) is 3.02. The number of non-ortho nitro benzene ring substituents is 1. The van der Waals surface area contributed by atoms with Crippen LogP contribution in [0.2, 0.25) is 0 Å². The van der Waals surface area contributed by atoms with Crippen molar-refractivity contribution in [1.29, 1.82) is 0 Å². The van der Waals surface area contributed by atoms with E-state index in [-0.39, 0.29) is 62.2 Å². The van der Waals surface area contributed by atoms with Crippen LogP contribution in [-0.2, 0) is 47.5 Å². The van der Waals surface area contributed by atoms with Crippen LogP contribution in [0.1, 0.15) is 25.7 Å². The van der Waals surface area contributed by atoms with Gasteiger partial charge in [0.05, 0.1) is 108 Å². The lowest BCUT2D eigenvalue weighted by Gasteiger charge is -2.09. The number of hydrogen-bond donors (Lipinski definition) is 2. The van der Waals surface area contributed by atoms with Crippen LogP contribution in [0.25, 0.3) is 0 Å². The fourth-order valence-electron chi connectivity index (χ4n) is 3.45. The van der Waals surface area contributed by atoms with Crippen LogP contribution in [0.4, 0.5) is 17.1 Å². The number of unbranched alkanes of at least 4 members (excludes halogenated alkanes) is 1. The van der Waals surface area contributed by atoms with Gasteiger partial charge in [0.25, 0.3) is 11.4 Å². The number of nitrogens with one attached hydrogen (secondary N) is 1. The molecule has 0 heterocycles. The smallest absolute Gasteiger partial charge is 0.305 e. The Bertz CT molecular complexity index is 999. The maximum absolute atomic E-state index is 11.5. The molecule has 1 aromatic rings. The van der Waals surface area contributed by atoms with Crippen LogP contribution >= 0.6 is 0 Å². The minimum Gasteiger partial charge on any atom is -0.481 e. The SMILES string of the molecule is O=C(O)CCCCC(=O)OCCOCCOCCOCCOCCOCCOCCOCCNc1ccc([N+](=O)[O-])cc1[N+](=O)[O-]. The minimum atomic E-state index is -0.876. The lowest BCUT2D eigenvalue weighted by molar-refractivity contribution is -0.393. The molecule has 0 unspecified atom stereocenters. The van der Waals surface area contributed by atoms with E-state index in [0.717, 1.165) is 6.07 Å². The van der Waals surface area contributed by atoms with Crippen LogP contribution in [-0.4, -0.2) is 133 Å². The molecule has 0 amide bonds. The van der Waals surface area contributed by atoms with Gasteiger partial charge in [0.2, 0.25) is 0 Å². The molecule has 262 valence electrons. The Balaban J connectivity index is 1.78. The van der Waals surface area contributed by atoms with Crippen LogP contribution in [0.3, 0.4) is 0 Å². The van der Waals surface area contributed by atoms with E-state index in [1.807, 2.05) is 0 Å². The Morgan fingerprint density at radius 2 is 1.07 bits per heavy atom. The number of rotatable bonds is 32. The first-order valence-electron chi connectivity index (χ1n) is 14.9. The molecule has 0 aliphatic carbocycles. The predicted octanol–water partition coefficient (Wildman–Crippen LogP) is 2.22. The summed E-state index contributed by atoms with van der Waals surface area (Å²) >= 11 is 0. The van der Waals surface area contributed by atoms with E-state index in [1.165, 1.54) is 12.1 Å². The highest BCUT2D eigenvalue weighted by Crippen LogP contribution is 2.28. The molecular formula is C28H45N3O15. The number of carbonyl (C=O) groups excluding carboxylic acids is 1. The van der Waals surface area contributed by atoms with Crippen molar-refractivity contribution in [1.82, 2.24) is 0 Å². The zero-order chi connectivity index (χ0) is 33.7. The Labute approximate surface area is 266 Å². The highest BCUT2D eigenvalue weighted by atomic mass is 16.6. The zero-order valence-electron chi connectivity index (χ0n) is 25.9. The third-order valence-electron chi connectivity index (χ3n) is 5.69. The van der Waals surface area contributed by atoms with Gasteiger partial charge in [-0.05, 0) is 18.9 Å². The van der Waals surface area contributed by atoms with Crippen molar-refractivity contribution in [2.45, 2.75) is 25.7 Å². The number of ether oxygens (including phenoxy) is 8. The van der Waals surface area contributed by atoms with Crippen LogP contribution in [0.5, 0.6) is 0 Å². The summed E-state index contributed by atoms with van der Waals surface area (Å²) in [5, 5.41) is 33.3. The number of nitro groups is 2. The molecular weight excluding hydrogens is 618 g/mol. The van der Waals surface area contributed by atoms with E-state index >= 15 is 0 Å². The third-order valence-corrected chi connectivity index (χ3v) is 5.69. The van der Waals surface area contributed by atoms with Crippen molar-refractivity contribution in [3.8, 4) is 0 Å². The van der Waals surface area contributed by atoms with Crippen molar-refractivity contribution in [3.05, 3.63) is 38.4 Å². The molecule has 0 atom stereocenters. The van der Waals surface area contributed by atoms with Crippen LogP contribution in [0.15, 0.2) is 18.2 Å². The molecule has 0 fully saturated rings. The summed E-state index contributed by atoms with van der Waals surface area (Å²) in [7, 11) is 0. The topological polar surface area (TPSA) is 227 Å². The van der Waals surface area contributed by atoms with E-state index in [1.54, 1.807) is 0 Å². The number of carboxylic acids is 1. The predicted molar refractivity (Wildman–Crippen MR) is 161 cm³/mol. The molecule has 0 saturated heterocycles. The standard InChI is InChI=1S/C28H45N3O15/c32-27(33)3-1-2-4-28(34)46-22-21-45-20-19-44-18-17-43-16-15-42-14-13-41-12-11-40-10-9-39-8-7-29-25-6-5-24(30(35)36)23-26(25)31(37)38/h5-6,23,29H,1-4,7-22H2,(H,32,33). The monoisotopic (exact) mass is 663 g/mol. The largest absolute Gasteiger partial charge is 0.481 e. The van der Waals surface area contributed by atoms with E-state index < -0.39 is 15.8 Å². The van der Waals surface area contributed by atoms with Gasteiger partial charge in [-0.15, -0.1) is 0 Å². The Morgan fingerprint density at radius 1 is 0.630 bits per heavy atom. The molecule has 18 heteroatoms. The number of carbonyl (C=O) groups is 2. The van der Waals surface area contributed by atoms with E-state index in [2.05, 4.69) is 5.32 Å². The number of carboxylic acid groups (broad SMARTS) is 1. The number of nitro benzene ring substituents is 2. The van der Waals surface area contributed by atoms with Crippen molar-refractivity contribution < 1.29 is 62.4 Å². The molecule has 0 aromatic heterocycles. The number of hydrogen-bond acceptors (Lipinski definition) is 15. The maximum Gasteiger partial charge on any atom is 0.305 e. The Morgan fingerprint density at radius 3 is 1.50 bits per heavy atom. The molecule has 0 bridgehead atoms. The molecule has 18 nitrogen and oxygen atoms in total.